The lowest BCUT2D eigenvalue weighted by atomic mass is 9.80. The summed E-state index contributed by atoms with van der Waals surface area (Å²) < 4.78 is 0. The van der Waals surface area contributed by atoms with Crippen molar-refractivity contribution in [3.63, 3.8) is 0 Å². The van der Waals surface area contributed by atoms with Gasteiger partial charge in [0.1, 0.15) is 11.6 Å². The average Bonchev–Trinajstić information content (AvgIpc) is 3.13. The predicted octanol–water partition coefficient (Wildman–Crippen LogP) is 1.39. The van der Waals surface area contributed by atoms with Crippen LogP contribution < -0.4 is 21.4 Å². The molecule has 9 nitrogen and oxygen atoms in total. The van der Waals surface area contributed by atoms with Gasteiger partial charge in [-0.1, -0.05) is 36.4 Å². The van der Waals surface area contributed by atoms with Crippen molar-refractivity contribution in [3.8, 4) is 11.4 Å². The molecule has 0 saturated carbocycles. The van der Waals surface area contributed by atoms with E-state index < -0.39 is 13.0 Å². The van der Waals surface area contributed by atoms with Crippen molar-refractivity contribution in [3.05, 3.63) is 65.4 Å². The Kier molecular flexibility index (Phi) is 6.04. The number of nitrogens with one attached hydrogen (secondary N) is 2. The number of aromatic amines is 1. The molecule has 6 N–H and O–H groups in total. The van der Waals surface area contributed by atoms with Crippen molar-refractivity contribution in [1.29, 1.82) is 0 Å². The van der Waals surface area contributed by atoms with E-state index in [0.717, 1.165) is 22.2 Å². The van der Waals surface area contributed by atoms with Crippen molar-refractivity contribution in [2.75, 3.05) is 24.3 Å². The van der Waals surface area contributed by atoms with Gasteiger partial charge in [-0.05, 0) is 24.0 Å². The van der Waals surface area contributed by atoms with Gasteiger partial charge in [0.05, 0.1) is 11.1 Å². The van der Waals surface area contributed by atoms with Crippen LogP contribution in [0.15, 0.2) is 48.5 Å². The minimum absolute atomic E-state index is 0.412. The van der Waals surface area contributed by atoms with Crippen LogP contribution in [0, 0.1) is 6.92 Å². The van der Waals surface area contributed by atoms with Crippen molar-refractivity contribution in [2.24, 2.45) is 5.73 Å². The van der Waals surface area contributed by atoms with Gasteiger partial charge in [0, 0.05) is 43.4 Å². The first kappa shape index (κ1) is 22.3. The van der Waals surface area contributed by atoms with E-state index in [1.54, 1.807) is 30.3 Å². The number of para-hydroxylation sites is 1. The summed E-state index contributed by atoms with van der Waals surface area (Å²) in [5.41, 5.74) is 9.54. The largest absolute Gasteiger partial charge is 0.488 e. The molecule has 0 aliphatic heterocycles. The minimum atomic E-state index is -1.52. The summed E-state index contributed by atoms with van der Waals surface area (Å²) >= 11 is 0. The van der Waals surface area contributed by atoms with Crippen molar-refractivity contribution >= 4 is 41.0 Å². The van der Waals surface area contributed by atoms with Gasteiger partial charge >= 0.3 is 7.12 Å². The van der Waals surface area contributed by atoms with Gasteiger partial charge in [-0.2, -0.15) is 0 Å². The average molecular weight is 444 g/mol. The van der Waals surface area contributed by atoms with Gasteiger partial charge in [0.15, 0.2) is 5.82 Å². The van der Waals surface area contributed by atoms with Crippen LogP contribution in [0.4, 0.5) is 11.6 Å². The van der Waals surface area contributed by atoms with Crippen molar-refractivity contribution in [2.45, 2.75) is 13.5 Å². The zero-order valence-electron chi connectivity index (χ0n) is 18.6. The third kappa shape index (κ3) is 4.52. The topological polar surface area (TPSA) is 140 Å². The molecule has 0 aliphatic carbocycles. The third-order valence-corrected chi connectivity index (χ3v) is 5.40. The summed E-state index contributed by atoms with van der Waals surface area (Å²) in [5.74, 6) is 1.32. The molecule has 0 saturated heterocycles. The number of carbonyl (C=O) groups is 1. The SMILES string of the molecule is Cc1[nH]c2c(C(N)=O)cccc2c1-c1nc(NCc2cccc(B(O)O)c2)cc(N(C)C)n1. The Balaban J connectivity index is 1.75. The van der Waals surface area contributed by atoms with E-state index in [0.29, 0.717) is 40.5 Å². The lowest BCUT2D eigenvalue weighted by Gasteiger charge is -2.15. The molecular formula is C23H25BN6O3. The quantitative estimate of drug-likeness (QED) is 0.271. The number of aromatic nitrogens is 3. The molecule has 2 heterocycles. The number of benzene rings is 2. The Labute approximate surface area is 191 Å². The molecule has 1 amide bonds. The molecule has 10 heteroatoms. The summed E-state index contributed by atoms with van der Waals surface area (Å²) in [5, 5.41) is 22.9. The molecule has 0 bridgehead atoms. The highest BCUT2D eigenvalue weighted by Crippen LogP contribution is 2.33. The van der Waals surface area contributed by atoms with Crippen LogP contribution in [0.1, 0.15) is 21.6 Å². The maximum Gasteiger partial charge on any atom is 0.488 e. The maximum atomic E-state index is 11.9. The molecule has 33 heavy (non-hydrogen) atoms. The molecule has 4 rings (SSSR count). The van der Waals surface area contributed by atoms with E-state index in [1.165, 1.54) is 0 Å². The third-order valence-electron chi connectivity index (χ3n) is 5.40. The zero-order chi connectivity index (χ0) is 23.7. The number of rotatable bonds is 7. The first-order valence-corrected chi connectivity index (χ1v) is 10.4. The van der Waals surface area contributed by atoms with Crippen molar-refractivity contribution < 1.29 is 14.8 Å². The predicted molar refractivity (Wildman–Crippen MR) is 131 cm³/mol. The number of nitrogens with two attached hydrogens (primary N) is 1. The Morgan fingerprint density at radius 2 is 1.91 bits per heavy atom. The Hall–Kier alpha value is -3.89. The molecule has 0 radical (unpaired) electrons. The Morgan fingerprint density at radius 1 is 1.15 bits per heavy atom. The number of aryl methyl sites for hydroxylation is 1. The van der Waals surface area contributed by atoms with Gasteiger partial charge in [0.2, 0.25) is 0 Å². The molecule has 0 fully saturated rings. The second kappa shape index (κ2) is 8.93. The molecule has 0 unspecified atom stereocenters. The normalized spacial score (nSPS) is 10.9. The van der Waals surface area contributed by atoms with Crippen LogP contribution >= 0.6 is 0 Å². The highest BCUT2D eigenvalue weighted by Gasteiger charge is 2.19. The summed E-state index contributed by atoms with van der Waals surface area (Å²) in [7, 11) is 2.27. The summed E-state index contributed by atoms with van der Waals surface area (Å²) in [6.07, 6.45) is 0. The fraction of sp³-hybridized carbons (Fsp3) is 0.174. The summed E-state index contributed by atoms with van der Waals surface area (Å²) in [4.78, 5) is 26.5. The highest BCUT2D eigenvalue weighted by atomic mass is 16.4. The number of anilines is 2. The monoisotopic (exact) mass is 444 g/mol. The number of primary amides is 1. The van der Waals surface area contributed by atoms with E-state index in [-0.39, 0.29) is 0 Å². The van der Waals surface area contributed by atoms with E-state index in [4.69, 9.17) is 15.7 Å². The maximum absolute atomic E-state index is 11.9. The Bertz CT molecular complexity index is 1340. The lowest BCUT2D eigenvalue weighted by Crippen LogP contribution is -2.30. The second-order valence-corrected chi connectivity index (χ2v) is 8.02. The van der Waals surface area contributed by atoms with Gasteiger partial charge in [-0.25, -0.2) is 9.97 Å². The number of nitrogens with zero attached hydrogens (tertiary/aromatic N) is 3. The standard InChI is InChI=1S/C23H25BN6O3/c1-13-20(16-8-5-9-17(22(25)31)21(16)27-13)23-28-18(11-19(29-23)30(2)3)26-12-14-6-4-7-15(10-14)24(32)33/h4-11,27,32-33H,12H2,1-3H3,(H2,25,31)(H,26,28,29). The molecular weight excluding hydrogens is 419 g/mol. The smallest absolute Gasteiger partial charge is 0.423 e. The first-order valence-electron chi connectivity index (χ1n) is 10.4. The number of H-pyrrole nitrogens is 1. The molecule has 0 spiro atoms. The van der Waals surface area contributed by atoms with Gasteiger partial charge < -0.3 is 31.0 Å². The number of amides is 1. The van der Waals surface area contributed by atoms with Gasteiger partial charge in [0.25, 0.3) is 5.91 Å². The molecule has 4 aromatic rings. The van der Waals surface area contributed by atoms with Crippen molar-refractivity contribution in [1.82, 2.24) is 15.0 Å². The van der Waals surface area contributed by atoms with Crippen LogP contribution in [0.25, 0.3) is 22.3 Å². The van der Waals surface area contributed by atoms with Gasteiger partial charge in [-0.15, -0.1) is 0 Å². The first-order chi connectivity index (χ1) is 15.7. The Morgan fingerprint density at radius 3 is 2.61 bits per heavy atom. The summed E-state index contributed by atoms with van der Waals surface area (Å²) in [6, 6.07) is 14.3. The van der Waals surface area contributed by atoms with Crippen LogP contribution in [0.2, 0.25) is 0 Å². The van der Waals surface area contributed by atoms with Crippen LogP contribution in [-0.4, -0.2) is 52.1 Å². The highest BCUT2D eigenvalue weighted by molar-refractivity contribution is 6.58. The van der Waals surface area contributed by atoms with E-state index in [1.807, 2.05) is 44.1 Å². The summed E-state index contributed by atoms with van der Waals surface area (Å²) in [6.45, 7) is 2.34. The van der Waals surface area contributed by atoms with Crippen LogP contribution in [-0.2, 0) is 6.54 Å². The zero-order valence-corrected chi connectivity index (χ0v) is 18.6. The molecule has 2 aromatic heterocycles. The van der Waals surface area contributed by atoms with Crippen LogP contribution in [0.3, 0.4) is 0 Å². The number of fused-ring (bicyclic) bond motifs is 1. The minimum Gasteiger partial charge on any atom is -0.423 e. The fourth-order valence-electron chi connectivity index (χ4n) is 3.76. The number of hydrogen-bond donors (Lipinski definition) is 5. The second-order valence-electron chi connectivity index (χ2n) is 8.02. The number of carbonyl (C=O) groups excluding carboxylic acids is 1. The molecule has 168 valence electrons. The van der Waals surface area contributed by atoms with Gasteiger partial charge in [-0.3, -0.25) is 4.79 Å². The molecule has 0 atom stereocenters. The van der Waals surface area contributed by atoms with E-state index in [2.05, 4.69) is 10.3 Å². The number of hydrogen-bond acceptors (Lipinski definition) is 7. The molecule has 2 aromatic carbocycles. The van der Waals surface area contributed by atoms with E-state index >= 15 is 0 Å². The van der Waals surface area contributed by atoms with E-state index in [9.17, 15) is 14.8 Å². The van der Waals surface area contributed by atoms with Crippen LogP contribution in [0.5, 0.6) is 0 Å². The molecule has 0 aliphatic rings. The fourth-order valence-corrected chi connectivity index (χ4v) is 3.76. The lowest BCUT2D eigenvalue weighted by molar-refractivity contribution is 0.100.